The van der Waals surface area contributed by atoms with Crippen molar-refractivity contribution in [1.29, 1.82) is 0 Å². The maximum Gasteiger partial charge on any atom is 0.236 e. The number of hydrogen-bond acceptors (Lipinski definition) is 3. The highest BCUT2D eigenvalue weighted by Crippen LogP contribution is 2.18. The standard InChI is InChI=1S/C12H26N2O2/c1-5-6-10(13)11(15)14-9-12(2,3)7-8-16-4/h10H,5-9,13H2,1-4H3,(H,14,15)/t10-/m1/s1. The first-order chi connectivity index (χ1) is 7.43. The second-order valence-corrected chi connectivity index (χ2v) is 5.02. The fourth-order valence-corrected chi connectivity index (χ4v) is 1.37. The van der Waals surface area contributed by atoms with Crippen LogP contribution in [-0.2, 0) is 9.53 Å². The first-order valence-corrected chi connectivity index (χ1v) is 5.95. The van der Waals surface area contributed by atoms with Crippen LogP contribution in [-0.4, -0.2) is 32.2 Å². The maximum absolute atomic E-state index is 11.6. The van der Waals surface area contributed by atoms with Gasteiger partial charge in [0.25, 0.3) is 0 Å². The van der Waals surface area contributed by atoms with Crippen molar-refractivity contribution in [1.82, 2.24) is 5.32 Å². The fourth-order valence-electron chi connectivity index (χ4n) is 1.37. The summed E-state index contributed by atoms with van der Waals surface area (Å²) in [6, 6.07) is -0.372. The number of rotatable bonds is 8. The van der Waals surface area contributed by atoms with Crippen molar-refractivity contribution in [2.24, 2.45) is 11.1 Å². The lowest BCUT2D eigenvalue weighted by molar-refractivity contribution is -0.123. The lowest BCUT2D eigenvalue weighted by Crippen LogP contribution is -2.44. The fraction of sp³-hybridized carbons (Fsp3) is 0.917. The summed E-state index contributed by atoms with van der Waals surface area (Å²) in [4.78, 5) is 11.6. The zero-order valence-electron chi connectivity index (χ0n) is 11.0. The molecule has 0 aliphatic heterocycles. The van der Waals surface area contributed by atoms with Crippen LogP contribution in [0.4, 0.5) is 0 Å². The molecule has 4 nitrogen and oxygen atoms in total. The average molecular weight is 230 g/mol. The minimum atomic E-state index is -0.372. The Hall–Kier alpha value is -0.610. The van der Waals surface area contributed by atoms with E-state index in [1.54, 1.807) is 7.11 Å². The van der Waals surface area contributed by atoms with Crippen LogP contribution in [0.1, 0.15) is 40.0 Å². The summed E-state index contributed by atoms with van der Waals surface area (Å²) in [5.41, 5.74) is 5.77. The zero-order valence-corrected chi connectivity index (χ0v) is 11.0. The third kappa shape index (κ3) is 6.80. The van der Waals surface area contributed by atoms with E-state index in [2.05, 4.69) is 19.2 Å². The number of nitrogens with one attached hydrogen (secondary N) is 1. The second kappa shape index (κ2) is 7.63. The van der Waals surface area contributed by atoms with Crippen LogP contribution in [0.5, 0.6) is 0 Å². The number of hydrogen-bond donors (Lipinski definition) is 2. The summed E-state index contributed by atoms with van der Waals surface area (Å²) >= 11 is 0. The molecule has 0 saturated carbocycles. The van der Waals surface area contributed by atoms with Crippen molar-refractivity contribution >= 4 is 5.91 Å². The molecule has 0 heterocycles. The number of carbonyl (C=O) groups is 1. The summed E-state index contributed by atoms with van der Waals surface area (Å²) < 4.78 is 5.03. The van der Waals surface area contributed by atoms with E-state index >= 15 is 0 Å². The molecule has 0 aromatic heterocycles. The van der Waals surface area contributed by atoms with Crippen LogP contribution in [0.15, 0.2) is 0 Å². The molecule has 0 aliphatic carbocycles. The van der Waals surface area contributed by atoms with Gasteiger partial charge in [0.05, 0.1) is 6.04 Å². The number of methoxy groups -OCH3 is 1. The van der Waals surface area contributed by atoms with Gasteiger partial charge < -0.3 is 15.8 Å². The van der Waals surface area contributed by atoms with Gasteiger partial charge in [-0.3, -0.25) is 4.79 Å². The van der Waals surface area contributed by atoms with Crippen molar-refractivity contribution in [3.63, 3.8) is 0 Å². The molecule has 0 fully saturated rings. The first-order valence-electron chi connectivity index (χ1n) is 5.95. The SMILES string of the molecule is CCC[C@@H](N)C(=O)NCC(C)(C)CCOC. The summed E-state index contributed by atoms with van der Waals surface area (Å²) in [6.45, 7) is 7.60. The highest BCUT2D eigenvalue weighted by molar-refractivity contribution is 5.81. The molecule has 16 heavy (non-hydrogen) atoms. The molecule has 4 heteroatoms. The van der Waals surface area contributed by atoms with Crippen molar-refractivity contribution < 1.29 is 9.53 Å². The van der Waals surface area contributed by atoms with Gasteiger partial charge in [-0.15, -0.1) is 0 Å². The van der Waals surface area contributed by atoms with E-state index in [0.29, 0.717) is 13.2 Å². The van der Waals surface area contributed by atoms with Gasteiger partial charge in [-0.2, -0.15) is 0 Å². The Labute approximate surface area is 98.9 Å². The van der Waals surface area contributed by atoms with Crippen molar-refractivity contribution in [3.8, 4) is 0 Å². The van der Waals surface area contributed by atoms with Crippen LogP contribution in [0.2, 0.25) is 0 Å². The molecule has 0 spiro atoms. The molecular weight excluding hydrogens is 204 g/mol. The first kappa shape index (κ1) is 15.4. The lowest BCUT2D eigenvalue weighted by Gasteiger charge is -2.25. The third-order valence-corrected chi connectivity index (χ3v) is 2.66. The Morgan fingerprint density at radius 1 is 1.50 bits per heavy atom. The highest BCUT2D eigenvalue weighted by Gasteiger charge is 2.20. The van der Waals surface area contributed by atoms with Crippen molar-refractivity contribution in [3.05, 3.63) is 0 Å². The Bertz CT molecular complexity index is 205. The molecule has 0 radical (unpaired) electrons. The van der Waals surface area contributed by atoms with Gasteiger partial charge in [0.2, 0.25) is 5.91 Å². The quantitative estimate of drug-likeness (QED) is 0.660. The van der Waals surface area contributed by atoms with Crippen LogP contribution >= 0.6 is 0 Å². The maximum atomic E-state index is 11.6. The van der Waals surface area contributed by atoms with Gasteiger partial charge >= 0.3 is 0 Å². The molecule has 0 aromatic carbocycles. The van der Waals surface area contributed by atoms with Crippen LogP contribution < -0.4 is 11.1 Å². The second-order valence-electron chi connectivity index (χ2n) is 5.02. The molecule has 0 aliphatic rings. The predicted molar refractivity (Wildman–Crippen MR) is 66.2 cm³/mol. The summed E-state index contributed by atoms with van der Waals surface area (Å²) in [7, 11) is 1.69. The molecule has 1 amide bonds. The summed E-state index contributed by atoms with van der Waals surface area (Å²) in [5.74, 6) is -0.0488. The molecule has 3 N–H and O–H groups in total. The van der Waals surface area contributed by atoms with Crippen LogP contribution in [0.3, 0.4) is 0 Å². The Morgan fingerprint density at radius 2 is 2.12 bits per heavy atom. The van der Waals surface area contributed by atoms with E-state index in [-0.39, 0.29) is 17.4 Å². The van der Waals surface area contributed by atoms with E-state index in [1.807, 2.05) is 6.92 Å². The van der Waals surface area contributed by atoms with E-state index in [0.717, 1.165) is 19.3 Å². The molecule has 96 valence electrons. The summed E-state index contributed by atoms with van der Waals surface area (Å²) in [5, 5.41) is 2.90. The van der Waals surface area contributed by atoms with Gasteiger partial charge in [0.15, 0.2) is 0 Å². The minimum Gasteiger partial charge on any atom is -0.385 e. The Balaban J connectivity index is 3.89. The largest absolute Gasteiger partial charge is 0.385 e. The molecule has 0 aromatic rings. The van der Waals surface area contributed by atoms with Crippen LogP contribution in [0.25, 0.3) is 0 Å². The van der Waals surface area contributed by atoms with Gasteiger partial charge in [-0.25, -0.2) is 0 Å². The molecular formula is C12H26N2O2. The molecule has 0 rings (SSSR count). The van der Waals surface area contributed by atoms with Crippen molar-refractivity contribution in [2.45, 2.75) is 46.1 Å². The van der Waals surface area contributed by atoms with Gasteiger partial charge in [-0.05, 0) is 18.3 Å². The van der Waals surface area contributed by atoms with E-state index in [4.69, 9.17) is 10.5 Å². The average Bonchev–Trinajstić information content (AvgIpc) is 2.23. The van der Waals surface area contributed by atoms with E-state index in [9.17, 15) is 4.79 Å². The Kier molecular flexibility index (Phi) is 7.34. The van der Waals surface area contributed by atoms with Crippen LogP contribution in [0, 0.1) is 5.41 Å². The lowest BCUT2D eigenvalue weighted by atomic mass is 9.89. The number of ether oxygens (including phenoxy) is 1. The number of amides is 1. The van der Waals surface area contributed by atoms with Gasteiger partial charge in [-0.1, -0.05) is 27.2 Å². The molecule has 1 atom stereocenters. The monoisotopic (exact) mass is 230 g/mol. The number of carbonyl (C=O) groups excluding carboxylic acids is 1. The molecule has 0 saturated heterocycles. The van der Waals surface area contributed by atoms with Gasteiger partial charge in [0, 0.05) is 20.3 Å². The smallest absolute Gasteiger partial charge is 0.236 e. The molecule has 0 bridgehead atoms. The molecule has 0 unspecified atom stereocenters. The van der Waals surface area contributed by atoms with E-state index in [1.165, 1.54) is 0 Å². The summed E-state index contributed by atoms with van der Waals surface area (Å²) in [6.07, 6.45) is 2.60. The normalized spacial score (nSPS) is 13.6. The number of nitrogens with two attached hydrogens (primary N) is 1. The highest BCUT2D eigenvalue weighted by atomic mass is 16.5. The predicted octanol–water partition coefficient (Wildman–Crippen LogP) is 1.29. The van der Waals surface area contributed by atoms with E-state index < -0.39 is 0 Å². The zero-order chi connectivity index (χ0) is 12.6. The van der Waals surface area contributed by atoms with Crippen molar-refractivity contribution in [2.75, 3.05) is 20.3 Å². The topological polar surface area (TPSA) is 64.4 Å². The third-order valence-electron chi connectivity index (χ3n) is 2.66. The Morgan fingerprint density at radius 3 is 2.62 bits per heavy atom. The van der Waals surface area contributed by atoms with Gasteiger partial charge in [0.1, 0.15) is 0 Å². The minimum absolute atomic E-state index is 0.0488.